The lowest BCUT2D eigenvalue weighted by atomic mass is 10.1. The zero-order valence-electron chi connectivity index (χ0n) is 14.1. The number of carbonyl (C=O) groups excluding carboxylic acids is 1. The maximum atomic E-state index is 12.4. The Kier molecular flexibility index (Phi) is 5.56. The van der Waals surface area contributed by atoms with E-state index in [1.54, 1.807) is 6.92 Å². The number of nitrogens with one attached hydrogen (secondary N) is 1. The number of likely N-dealkylation sites (tertiary alicyclic amines) is 1. The molecule has 6 heteroatoms. The van der Waals surface area contributed by atoms with Crippen LogP contribution in [0, 0.1) is 6.92 Å². The largest absolute Gasteiger partial charge is 0.456 e. The summed E-state index contributed by atoms with van der Waals surface area (Å²) >= 11 is 5.99. The van der Waals surface area contributed by atoms with Crippen molar-refractivity contribution in [1.82, 2.24) is 10.2 Å². The van der Waals surface area contributed by atoms with Crippen molar-refractivity contribution < 1.29 is 9.21 Å². The molecule has 0 radical (unpaired) electrons. The standard InChI is InChI=1S/C19H21ClN2O3/c1-13-10-16(23)11-18(25-13)19(24)21-12-17(22-8-2-3-9-22)14-4-6-15(20)7-5-14/h4-7,10-11,17H,2-3,8-9,12H2,1H3,(H,21,24). The van der Waals surface area contributed by atoms with Crippen LogP contribution in [0.2, 0.25) is 5.02 Å². The van der Waals surface area contributed by atoms with Crippen LogP contribution in [0.5, 0.6) is 0 Å². The highest BCUT2D eigenvalue weighted by Crippen LogP contribution is 2.25. The van der Waals surface area contributed by atoms with Crippen LogP contribution in [-0.2, 0) is 0 Å². The summed E-state index contributed by atoms with van der Waals surface area (Å²) in [4.78, 5) is 26.3. The molecule has 5 nitrogen and oxygen atoms in total. The first-order valence-electron chi connectivity index (χ1n) is 8.42. The summed E-state index contributed by atoms with van der Waals surface area (Å²) in [5.74, 6) is 0.0895. The van der Waals surface area contributed by atoms with E-state index in [9.17, 15) is 9.59 Å². The highest BCUT2D eigenvalue weighted by atomic mass is 35.5. The van der Waals surface area contributed by atoms with Crippen LogP contribution >= 0.6 is 11.6 Å². The molecular formula is C19H21ClN2O3. The van der Waals surface area contributed by atoms with Crippen LogP contribution in [0.1, 0.15) is 40.8 Å². The van der Waals surface area contributed by atoms with Gasteiger partial charge in [0.05, 0.1) is 6.04 Å². The number of carbonyl (C=O) groups is 1. The van der Waals surface area contributed by atoms with Crippen LogP contribution < -0.4 is 10.7 Å². The van der Waals surface area contributed by atoms with E-state index in [1.807, 2.05) is 24.3 Å². The SMILES string of the molecule is Cc1cc(=O)cc(C(=O)NCC(c2ccc(Cl)cc2)N2CCCC2)o1. The van der Waals surface area contributed by atoms with Crippen LogP contribution in [0.3, 0.4) is 0 Å². The fourth-order valence-corrected chi connectivity index (χ4v) is 3.31. The molecule has 1 N–H and O–H groups in total. The number of hydrogen-bond donors (Lipinski definition) is 1. The molecule has 1 aliphatic rings. The summed E-state index contributed by atoms with van der Waals surface area (Å²) in [6.45, 7) is 4.10. The molecule has 0 aliphatic carbocycles. The number of halogens is 1. The van der Waals surface area contributed by atoms with Crippen molar-refractivity contribution in [3.05, 3.63) is 68.7 Å². The fourth-order valence-electron chi connectivity index (χ4n) is 3.19. The van der Waals surface area contributed by atoms with Gasteiger partial charge in [0.25, 0.3) is 5.91 Å². The van der Waals surface area contributed by atoms with E-state index in [4.69, 9.17) is 16.0 Å². The second kappa shape index (κ2) is 7.85. The Labute approximate surface area is 151 Å². The molecule has 1 fully saturated rings. The molecule has 1 aliphatic heterocycles. The monoisotopic (exact) mass is 360 g/mol. The minimum absolute atomic E-state index is 0.0429. The topological polar surface area (TPSA) is 62.6 Å². The quantitative estimate of drug-likeness (QED) is 0.889. The molecule has 1 aromatic heterocycles. The molecule has 0 saturated carbocycles. The Bertz CT molecular complexity index is 795. The van der Waals surface area contributed by atoms with Crippen LogP contribution in [0.4, 0.5) is 0 Å². The van der Waals surface area contributed by atoms with Gasteiger partial charge in [0.1, 0.15) is 5.76 Å². The van der Waals surface area contributed by atoms with Gasteiger partial charge >= 0.3 is 0 Å². The van der Waals surface area contributed by atoms with Crippen molar-refractivity contribution in [1.29, 1.82) is 0 Å². The summed E-state index contributed by atoms with van der Waals surface area (Å²) in [6, 6.07) is 10.4. The van der Waals surface area contributed by atoms with Gasteiger partial charge in [-0.1, -0.05) is 23.7 Å². The minimum atomic E-state index is -0.376. The second-order valence-electron chi connectivity index (χ2n) is 6.29. The first-order valence-corrected chi connectivity index (χ1v) is 8.80. The molecule has 3 rings (SSSR count). The molecule has 1 amide bonds. The van der Waals surface area contributed by atoms with Gasteiger partial charge in [-0.3, -0.25) is 14.5 Å². The molecule has 2 heterocycles. The van der Waals surface area contributed by atoms with Gasteiger partial charge in [0, 0.05) is 23.7 Å². The molecule has 25 heavy (non-hydrogen) atoms. The first kappa shape index (κ1) is 17.7. The van der Waals surface area contributed by atoms with Gasteiger partial charge in [-0.25, -0.2) is 0 Å². The number of hydrogen-bond acceptors (Lipinski definition) is 4. The van der Waals surface area contributed by atoms with Gasteiger partial charge < -0.3 is 9.73 Å². The zero-order chi connectivity index (χ0) is 17.8. The molecule has 0 spiro atoms. The van der Waals surface area contributed by atoms with E-state index in [1.165, 1.54) is 12.1 Å². The normalized spacial score (nSPS) is 15.9. The lowest BCUT2D eigenvalue weighted by molar-refractivity contribution is 0.0906. The molecular weight excluding hydrogens is 340 g/mol. The smallest absolute Gasteiger partial charge is 0.287 e. The van der Waals surface area contributed by atoms with Gasteiger partial charge in [0.15, 0.2) is 11.2 Å². The van der Waals surface area contributed by atoms with E-state index >= 15 is 0 Å². The number of amides is 1. The Morgan fingerprint density at radius 3 is 2.56 bits per heavy atom. The van der Waals surface area contributed by atoms with Crippen LogP contribution in [0.25, 0.3) is 0 Å². The fraction of sp³-hybridized carbons (Fsp3) is 0.368. The van der Waals surface area contributed by atoms with Crippen molar-refractivity contribution >= 4 is 17.5 Å². The lowest BCUT2D eigenvalue weighted by Gasteiger charge is -2.28. The first-order chi connectivity index (χ1) is 12.0. The molecule has 1 aromatic carbocycles. The van der Waals surface area contributed by atoms with E-state index < -0.39 is 0 Å². The van der Waals surface area contributed by atoms with Crippen molar-refractivity contribution in [3.63, 3.8) is 0 Å². The number of rotatable bonds is 5. The molecule has 2 aromatic rings. The summed E-state index contributed by atoms with van der Waals surface area (Å²) in [5, 5.41) is 3.59. The Morgan fingerprint density at radius 1 is 1.24 bits per heavy atom. The van der Waals surface area contributed by atoms with E-state index in [0.717, 1.165) is 31.5 Å². The number of benzene rings is 1. The average molecular weight is 361 g/mol. The summed E-state index contributed by atoms with van der Waals surface area (Å²) < 4.78 is 5.36. The van der Waals surface area contributed by atoms with Gasteiger partial charge in [-0.05, 0) is 50.6 Å². The molecule has 132 valence electrons. The summed E-state index contributed by atoms with van der Waals surface area (Å²) in [6.07, 6.45) is 2.32. The predicted molar refractivity (Wildman–Crippen MR) is 97.0 cm³/mol. The summed E-state index contributed by atoms with van der Waals surface area (Å²) in [7, 11) is 0. The third-order valence-corrected chi connectivity index (χ3v) is 4.66. The van der Waals surface area contributed by atoms with Crippen molar-refractivity contribution in [2.24, 2.45) is 0 Å². The van der Waals surface area contributed by atoms with Gasteiger partial charge in [-0.15, -0.1) is 0 Å². The Morgan fingerprint density at radius 2 is 1.92 bits per heavy atom. The molecule has 1 atom stereocenters. The average Bonchev–Trinajstić information content (AvgIpc) is 3.10. The number of aryl methyl sites for hydroxylation is 1. The Balaban J connectivity index is 1.74. The maximum Gasteiger partial charge on any atom is 0.287 e. The van der Waals surface area contributed by atoms with Crippen molar-refractivity contribution in [2.75, 3.05) is 19.6 Å². The van der Waals surface area contributed by atoms with Gasteiger partial charge in [-0.2, -0.15) is 0 Å². The third-order valence-electron chi connectivity index (χ3n) is 4.41. The van der Waals surface area contributed by atoms with Crippen molar-refractivity contribution in [3.8, 4) is 0 Å². The molecule has 0 bridgehead atoms. The van der Waals surface area contributed by atoms with Crippen LogP contribution in [-0.4, -0.2) is 30.4 Å². The third kappa shape index (κ3) is 4.50. The lowest BCUT2D eigenvalue weighted by Crippen LogP contribution is -2.37. The van der Waals surface area contributed by atoms with Crippen molar-refractivity contribution in [2.45, 2.75) is 25.8 Å². The number of nitrogens with zero attached hydrogens (tertiary/aromatic N) is 1. The van der Waals surface area contributed by atoms with Gasteiger partial charge in [0.2, 0.25) is 0 Å². The predicted octanol–water partition coefficient (Wildman–Crippen LogP) is 3.17. The Hall–Kier alpha value is -2.11. The highest BCUT2D eigenvalue weighted by molar-refractivity contribution is 6.30. The van der Waals surface area contributed by atoms with E-state index in [-0.39, 0.29) is 23.1 Å². The van der Waals surface area contributed by atoms with Crippen LogP contribution in [0.15, 0.2) is 45.6 Å². The second-order valence-corrected chi connectivity index (χ2v) is 6.72. The zero-order valence-corrected chi connectivity index (χ0v) is 14.9. The molecule has 1 saturated heterocycles. The summed E-state index contributed by atoms with van der Waals surface area (Å²) in [5.41, 5.74) is 0.875. The van der Waals surface area contributed by atoms with E-state index in [2.05, 4.69) is 10.2 Å². The maximum absolute atomic E-state index is 12.4. The molecule has 1 unspecified atom stereocenters. The minimum Gasteiger partial charge on any atom is -0.456 e. The van der Waals surface area contributed by atoms with E-state index in [0.29, 0.717) is 17.3 Å². The highest BCUT2D eigenvalue weighted by Gasteiger charge is 2.24.